The Morgan fingerprint density at radius 2 is 1.77 bits per heavy atom. The molecule has 0 N–H and O–H groups in total. The zero-order valence-electron chi connectivity index (χ0n) is 20.1. The summed E-state index contributed by atoms with van der Waals surface area (Å²) in [5.74, 6) is 1.76. The van der Waals surface area contributed by atoms with Crippen molar-refractivity contribution in [1.82, 2.24) is 24.6 Å². The van der Waals surface area contributed by atoms with E-state index in [1.165, 1.54) is 0 Å². The Kier molecular flexibility index (Phi) is 6.68. The van der Waals surface area contributed by atoms with E-state index in [1.54, 1.807) is 12.1 Å². The number of nitrogens with zero attached hydrogens (tertiary/aromatic N) is 6. The smallest absolute Gasteiger partial charge is 0.254 e. The van der Waals surface area contributed by atoms with E-state index in [9.17, 15) is 4.79 Å². The Morgan fingerprint density at radius 3 is 2.49 bits per heavy atom. The zero-order valence-corrected chi connectivity index (χ0v) is 20.9. The molecule has 180 valence electrons. The van der Waals surface area contributed by atoms with Crippen LogP contribution in [0.2, 0.25) is 5.02 Å². The van der Waals surface area contributed by atoms with E-state index in [1.807, 2.05) is 59.0 Å². The standard InChI is InChI=1S/C27H29ClN6O/c1-3-4-13-23-29-25(24-19(2)31-34(26(24)30-23)22-11-6-5-7-12-22)32-14-16-33(17-15-32)27(35)20-9-8-10-21(28)18-20/h5-12,18H,3-4,13-17H2,1-2H3. The molecule has 0 saturated carbocycles. The molecular formula is C27H29ClN6O. The summed E-state index contributed by atoms with van der Waals surface area (Å²) in [4.78, 5) is 27.1. The van der Waals surface area contributed by atoms with Gasteiger partial charge in [0.15, 0.2) is 5.65 Å². The molecule has 0 radical (unpaired) electrons. The number of carbonyl (C=O) groups excluding carboxylic acids is 1. The lowest BCUT2D eigenvalue weighted by atomic mass is 10.1. The van der Waals surface area contributed by atoms with Gasteiger partial charge in [-0.2, -0.15) is 5.10 Å². The van der Waals surface area contributed by atoms with Crippen LogP contribution in [0.1, 0.15) is 41.6 Å². The number of hydrogen-bond donors (Lipinski definition) is 0. The number of aromatic nitrogens is 4. The van der Waals surface area contributed by atoms with E-state index in [4.69, 9.17) is 26.7 Å². The third-order valence-electron chi connectivity index (χ3n) is 6.42. The second kappa shape index (κ2) is 10.0. The van der Waals surface area contributed by atoms with Crippen molar-refractivity contribution < 1.29 is 4.79 Å². The number of fused-ring (bicyclic) bond motifs is 1. The monoisotopic (exact) mass is 488 g/mol. The Hall–Kier alpha value is -3.45. The highest BCUT2D eigenvalue weighted by Crippen LogP contribution is 2.30. The quantitative estimate of drug-likeness (QED) is 0.378. The molecule has 5 rings (SSSR count). The highest BCUT2D eigenvalue weighted by molar-refractivity contribution is 6.30. The summed E-state index contributed by atoms with van der Waals surface area (Å²) < 4.78 is 1.92. The highest BCUT2D eigenvalue weighted by Gasteiger charge is 2.27. The van der Waals surface area contributed by atoms with Gasteiger partial charge in [0, 0.05) is 43.2 Å². The summed E-state index contributed by atoms with van der Waals surface area (Å²) in [6.07, 6.45) is 2.94. The van der Waals surface area contributed by atoms with Gasteiger partial charge in [-0.05, 0) is 43.7 Å². The number of hydrogen-bond acceptors (Lipinski definition) is 5. The molecule has 1 amide bonds. The molecule has 1 fully saturated rings. The molecule has 0 unspecified atom stereocenters. The van der Waals surface area contributed by atoms with E-state index in [2.05, 4.69) is 11.8 Å². The van der Waals surface area contributed by atoms with E-state index in [-0.39, 0.29) is 5.91 Å². The summed E-state index contributed by atoms with van der Waals surface area (Å²) in [5, 5.41) is 6.39. The predicted molar refractivity (Wildman–Crippen MR) is 140 cm³/mol. The highest BCUT2D eigenvalue weighted by atomic mass is 35.5. The number of carbonyl (C=O) groups is 1. The first-order chi connectivity index (χ1) is 17.0. The molecular weight excluding hydrogens is 460 g/mol. The van der Waals surface area contributed by atoms with E-state index >= 15 is 0 Å². The lowest BCUT2D eigenvalue weighted by molar-refractivity contribution is 0.0746. The van der Waals surface area contributed by atoms with Crippen LogP contribution in [-0.4, -0.2) is 56.7 Å². The largest absolute Gasteiger partial charge is 0.352 e. The molecule has 4 aromatic rings. The van der Waals surface area contributed by atoms with Crippen LogP contribution in [0, 0.1) is 6.92 Å². The SMILES string of the molecule is CCCCc1nc(N2CCN(C(=O)c3cccc(Cl)c3)CC2)c2c(C)nn(-c3ccccc3)c2n1. The molecule has 1 aliphatic heterocycles. The summed E-state index contributed by atoms with van der Waals surface area (Å²) in [6.45, 7) is 6.82. The molecule has 1 saturated heterocycles. The van der Waals surface area contributed by atoms with Crippen LogP contribution in [0.5, 0.6) is 0 Å². The minimum atomic E-state index is 0.0108. The molecule has 35 heavy (non-hydrogen) atoms. The maximum absolute atomic E-state index is 13.0. The summed E-state index contributed by atoms with van der Waals surface area (Å²) in [5.41, 5.74) is 3.34. The first-order valence-corrected chi connectivity index (χ1v) is 12.5. The fourth-order valence-electron chi connectivity index (χ4n) is 4.56. The van der Waals surface area contributed by atoms with Gasteiger partial charge in [0.2, 0.25) is 0 Å². The zero-order chi connectivity index (χ0) is 24.4. The maximum atomic E-state index is 13.0. The van der Waals surface area contributed by atoms with Crippen molar-refractivity contribution in [2.75, 3.05) is 31.1 Å². The van der Waals surface area contributed by atoms with Crippen molar-refractivity contribution in [3.8, 4) is 5.69 Å². The fourth-order valence-corrected chi connectivity index (χ4v) is 4.75. The molecule has 8 heteroatoms. The molecule has 0 spiro atoms. The van der Waals surface area contributed by atoms with Crippen LogP contribution in [0.15, 0.2) is 54.6 Å². The predicted octanol–water partition coefficient (Wildman–Crippen LogP) is 5.08. The molecule has 2 aromatic carbocycles. The molecule has 0 bridgehead atoms. The number of halogens is 1. The van der Waals surface area contributed by atoms with Crippen molar-refractivity contribution in [3.05, 3.63) is 76.7 Å². The van der Waals surface area contributed by atoms with Crippen LogP contribution in [0.25, 0.3) is 16.7 Å². The Morgan fingerprint density at radius 1 is 1.00 bits per heavy atom. The van der Waals surface area contributed by atoms with Crippen molar-refractivity contribution in [3.63, 3.8) is 0 Å². The van der Waals surface area contributed by atoms with Crippen LogP contribution in [0.4, 0.5) is 5.82 Å². The van der Waals surface area contributed by atoms with Crippen LogP contribution >= 0.6 is 11.6 Å². The number of rotatable bonds is 6. The Balaban J connectivity index is 1.47. The number of amides is 1. The number of para-hydroxylation sites is 1. The third kappa shape index (κ3) is 4.73. The minimum absolute atomic E-state index is 0.0108. The topological polar surface area (TPSA) is 67.2 Å². The number of aryl methyl sites for hydroxylation is 2. The van der Waals surface area contributed by atoms with Gasteiger partial charge in [0.1, 0.15) is 11.6 Å². The Labute approximate surface area is 210 Å². The Bertz CT molecular complexity index is 1340. The molecule has 1 aliphatic rings. The summed E-state index contributed by atoms with van der Waals surface area (Å²) >= 11 is 6.10. The second-order valence-corrected chi connectivity index (χ2v) is 9.32. The maximum Gasteiger partial charge on any atom is 0.254 e. The molecule has 7 nitrogen and oxygen atoms in total. The van der Waals surface area contributed by atoms with Crippen LogP contribution in [-0.2, 0) is 6.42 Å². The van der Waals surface area contributed by atoms with Crippen molar-refractivity contribution in [2.45, 2.75) is 33.1 Å². The van der Waals surface area contributed by atoms with E-state index in [0.717, 1.165) is 53.3 Å². The summed E-state index contributed by atoms with van der Waals surface area (Å²) in [7, 11) is 0. The summed E-state index contributed by atoms with van der Waals surface area (Å²) in [6, 6.07) is 17.2. The van der Waals surface area contributed by atoms with Gasteiger partial charge in [-0.3, -0.25) is 4.79 Å². The van der Waals surface area contributed by atoms with Gasteiger partial charge in [-0.25, -0.2) is 14.6 Å². The molecule has 0 aliphatic carbocycles. The molecule has 0 atom stereocenters. The average Bonchev–Trinajstić information content (AvgIpc) is 3.23. The van der Waals surface area contributed by atoms with E-state index in [0.29, 0.717) is 36.8 Å². The molecule has 3 heterocycles. The van der Waals surface area contributed by atoms with Gasteiger partial charge >= 0.3 is 0 Å². The van der Waals surface area contributed by atoms with Gasteiger partial charge in [0.05, 0.1) is 16.8 Å². The normalized spacial score (nSPS) is 14.0. The van der Waals surface area contributed by atoms with Crippen LogP contribution in [0.3, 0.4) is 0 Å². The van der Waals surface area contributed by atoms with Crippen molar-refractivity contribution in [1.29, 1.82) is 0 Å². The van der Waals surface area contributed by atoms with Gasteiger partial charge in [0.25, 0.3) is 5.91 Å². The van der Waals surface area contributed by atoms with Crippen molar-refractivity contribution in [2.24, 2.45) is 0 Å². The van der Waals surface area contributed by atoms with E-state index < -0.39 is 0 Å². The lowest BCUT2D eigenvalue weighted by Crippen LogP contribution is -2.49. The molecule has 2 aromatic heterocycles. The minimum Gasteiger partial charge on any atom is -0.352 e. The first kappa shape index (κ1) is 23.3. The average molecular weight is 489 g/mol. The fraction of sp³-hybridized carbons (Fsp3) is 0.333. The number of anilines is 1. The lowest BCUT2D eigenvalue weighted by Gasteiger charge is -2.36. The second-order valence-electron chi connectivity index (χ2n) is 8.89. The first-order valence-electron chi connectivity index (χ1n) is 12.2. The number of unbranched alkanes of at least 4 members (excludes halogenated alkanes) is 1. The van der Waals surface area contributed by atoms with Crippen molar-refractivity contribution >= 4 is 34.4 Å². The number of benzene rings is 2. The van der Waals surface area contributed by atoms with Gasteiger partial charge < -0.3 is 9.80 Å². The third-order valence-corrected chi connectivity index (χ3v) is 6.66. The van der Waals surface area contributed by atoms with Crippen LogP contribution < -0.4 is 4.90 Å². The van der Waals surface area contributed by atoms with Gasteiger partial charge in [-0.15, -0.1) is 0 Å². The van der Waals surface area contributed by atoms with Gasteiger partial charge in [-0.1, -0.05) is 49.2 Å². The number of piperazine rings is 1.